The molecule has 6 nitrogen and oxygen atoms in total. The lowest BCUT2D eigenvalue weighted by Gasteiger charge is -2.12. The molecule has 0 aliphatic heterocycles. The molecule has 0 atom stereocenters. The third-order valence-corrected chi connectivity index (χ3v) is 4.27. The molecule has 1 amide bonds. The molecule has 1 heterocycles. The maximum absolute atomic E-state index is 11.2. The number of para-hydroxylation sites is 1. The summed E-state index contributed by atoms with van der Waals surface area (Å²) in [5.41, 5.74) is 9.05. The fraction of sp³-hybridized carbons (Fsp3) is 0.0455. The Morgan fingerprint density at radius 2 is 1.68 bits per heavy atom. The van der Waals surface area contributed by atoms with Crippen LogP contribution in [-0.4, -0.2) is 21.1 Å². The molecule has 0 saturated carbocycles. The summed E-state index contributed by atoms with van der Waals surface area (Å²) in [6.45, 7) is 0.487. The van der Waals surface area contributed by atoms with Gasteiger partial charge in [0.15, 0.2) is 5.82 Å². The van der Waals surface area contributed by atoms with Crippen molar-refractivity contribution < 1.29 is 9.53 Å². The molecule has 0 aliphatic rings. The molecule has 138 valence electrons. The molecule has 4 rings (SSSR count). The molecule has 4 aromatic rings. The SMILES string of the molecule is NC(=O)c1nc(-c2cccc(-c3ccccc3OCc3ccccc3)c2)n[nH]1. The van der Waals surface area contributed by atoms with Crippen LogP contribution in [0.25, 0.3) is 22.5 Å². The monoisotopic (exact) mass is 370 g/mol. The summed E-state index contributed by atoms with van der Waals surface area (Å²) in [5, 5.41) is 6.63. The van der Waals surface area contributed by atoms with Gasteiger partial charge >= 0.3 is 0 Å². The highest BCUT2D eigenvalue weighted by Gasteiger charge is 2.12. The molecule has 28 heavy (non-hydrogen) atoms. The van der Waals surface area contributed by atoms with Gasteiger partial charge in [0.2, 0.25) is 5.82 Å². The second kappa shape index (κ2) is 7.75. The van der Waals surface area contributed by atoms with Gasteiger partial charge in [0, 0.05) is 11.1 Å². The minimum atomic E-state index is -0.644. The van der Waals surface area contributed by atoms with Crippen LogP contribution in [0.2, 0.25) is 0 Å². The number of carbonyl (C=O) groups excluding carboxylic acids is 1. The van der Waals surface area contributed by atoms with Gasteiger partial charge in [-0.1, -0.05) is 66.7 Å². The Morgan fingerprint density at radius 1 is 0.929 bits per heavy atom. The molecular weight excluding hydrogens is 352 g/mol. The quantitative estimate of drug-likeness (QED) is 0.539. The number of aromatic amines is 1. The van der Waals surface area contributed by atoms with Gasteiger partial charge in [-0.3, -0.25) is 9.89 Å². The van der Waals surface area contributed by atoms with Gasteiger partial charge in [0.1, 0.15) is 12.4 Å². The minimum absolute atomic E-state index is 0.0343. The van der Waals surface area contributed by atoms with E-state index in [2.05, 4.69) is 15.2 Å². The van der Waals surface area contributed by atoms with Gasteiger partial charge in [-0.2, -0.15) is 5.10 Å². The van der Waals surface area contributed by atoms with Crippen molar-refractivity contribution in [3.63, 3.8) is 0 Å². The van der Waals surface area contributed by atoms with E-state index in [-0.39, 0.29) is 5.82 Å². The average molecular weight is 370 g/mol. The number of H-pyrrole nitrogens is 1. The summed E-state index contributed by atoms with van der Waals surface area (Å²) >= 11 is 0. The first-order valence-corrected chi connectivity index (χ1v) is 8.79. The zero-order chi connectivity index (χ0) is 19.3. The van der Waals surface area contributed by atoms with Crippen molar-refractivity contribution in [2.75, 3.05) is 0 Å². The number of hydrogen-bond acceptors (Lipinski definition) is 4. The highest BCUT2D eigenvalue weighted by molar-refractivity contribution is 5.89. The summed E-state index contributed by atoms with van der Waals surface area (Å²) < 4.78 is 6.06. The number of nitrogens with zero attached hydrogens (tertiary/aromatic N) is 2. The molecule has 0 aliphatic carbocycles. The average Bonchev–Trinajstić information content (AvgIpc) is 3.24. The Morgan fingerprint density at radius 3 is 2.46 bits per heavy atom. The molecule has 0 radical (unpaired) electrons. The molecule has 0 fully saturated rings. The molecule has 0 saturated heterocycles. The summed E-state index contributed by atoms with van der Waals surface area (Å²) in [6, 6.07) is 25.6. The number of ether oxygens (including phenoxy) is 1. The number of amides is 1. The third-order valence-electron chi connectivity index (χ3n) is 4.27. The zero-order valence-electron chi connectivity index (χ0n) is 15.0. The first-order chi connectivity index (χ1) is 13.7. The van der Waals surface area contributed by atoms with Crippen LogP contribution in [0.15, 0.2) is 78.9 Å². The maximum atomic E-state index is 11.2. The number of hydrogen-bond donors (Lipinski definition) is 2. The molecule has 3 N–H and O–H groups in total. The van der Waals surface area contributed by atoms with Crippen LogP contribution in [0.3, 0.4) is 0 Å². The Kier molecular flexibility index (Phi) is 4.84. The lowest BCUT2D eigenvalue weighted by atomic mass is 10.0. The predicted octanol–water partition coefficient (Wildman–Crippen LogP) is 3.82. The van der Waals surface area contributed by atoms with E-state index in [9.17, 15) is 4.79 Å². The van der Waals surface area contributed by atoms with Crippen molar-refractivity contribution in [1.29, 1.82) is 0 Å². The van der Waals surface area contributed by atoms with Crippen LogP contribution in [-0.2, 0) is 6.61 Å². The molecular formula is C22H18N4O2. The number of rotatable bonds is 6. The van der Waals surface area contributed by atoms with Crippen LogP contribution in [0.1, 0.15) is 16.2 Å². The van der Waals surface area contributed by atoms with Crippen molar-refractivity contribution in [2.24, 2.45) is 5.73 Å². The molecule has 3 aromatic carbocycles. The molecule has 0 unspecified atom stereocenters. The smallest absolute Gasteiger partial charge is 0.286 e. The second-order valence-corrected chi connectivity index (χ2v) is 6.22. The molecule has 0 bridgehead atoms. The highest BCUT2D eigenvalue weighted by Crippen LogP contribution is 2.32. The van der Waals surface area contributed by atoms with E-state index in [1.165, 1.54) is 0 Å². The van der Waals surface area contributed by atoms with Crippen molar-refractivity contribution >= 4 is 5.91 Å². The number of nitrogens with two attached hydrogens (primary N) is 1. The largest absolute Gasteiger partial charge is 0.488 e. The van der Waals surface area contributed by atoms with Gasteiger partial charge in [0.05, 0.1) is 0 Å². The van der Waals surface area contributed by atoms with E-state index < -0.39 is 5.91 Å². The van der Waals surface area contributed by atoms with Crippen LogP contribution >= 0.6 is 0 Å². The minimum Gasteiger partial charge on any atom is -0.488 e. The number of aromatic nitrogens is 3. The summed E-state index contributed by atoms with van der Waals surface area (Å²) in [6.07, 6.45) is 0. The first-order valence-electron chi connectivity index (χ1n) is 8.79. The predicted molar refractivity (Wildman–Crippen MR) is 107 cm³/mol. The first kappa shape index (κ1) is 17.5. The van der Waals surface area contributed by atoms with Crippen LogP contribution in [0.4, 0.5) is 0 Å². The van der Waals surface area contributed by atoms with Gasteiger partial charge in [-0.05, 0) is 23.3 Å². The van der Waals surface area contributed by atoms with E-state index in [4.69, 9.17) is 10.5 Å². The van der Waals surface area contributed by atoms with Crippen LogP contribution in [0, 0.1) is 0 Å². The normalized spacial score (nSPS) is 10.6. The second-order valence-electron chi connectivity index (χ2n) is 6.22. The van der Waals surface area contributed by atoms with Crippen molar-refractivity contribution in [2.45, 2.75) is 6.61 Å². The van der Waals surface area contributed by atoms with Crippen LogP contribution < -0.4 is 10.5 Å². The van der Waals surface area contributed by atoms with Gasteiger partial charge in [-0.25, -0.2) is 4.98 Å². The Balaban J connectivity index is 1.63. The number of nitrogens with one attached hydrogen (secondary N) is 1. The van der Waals surface area contributed by atoms with Crippen molar-refractivity contribution in [1.82, 2.24) is 15.2 Å². The number of benzene rings is 3. The lowest BCUT2D eigenvalue weighted by molar-refractivity contribution is 0.0991. The van der Waals surface area contributed by atoms with Gasteiger partial charge < -0.3 is 10.5 Å². The van der Waals surface area contributed by atoms with E-state index in [0.717, 1.165) is 28.0 Å². The van der Waals surface area contributed by atoms with E-state index in [1.807, 2.05) is 78.9 Å². The third kappa shape index (κ3) is 3.76. The lowest BCUT2D eigenvalue weighted by Crippen LogP contribution is -2.12. The van der Waals surface area contributed by atoms with Gasteiger partial charge in [0.25, 0.3) is 5.91 Å². The number of primary amides is 1. The topological polar surface area (TPSA) is 93.9 Å². The Bertz CT molecular complexity index is 1110. The summed E-state index contributed by atoms with van der Waals surface area (Å²) in [4.78, 5) is 15.4. The zero-order valence-corrected chi connectivity index (χ0v) is 15.0. The molecule has 1 aromatic heterocycles. The molecule has 6 heteroatoms. The van der Waals surface area contributed by atoms with E-state index in [0.29, 0.717) is 12.4 Å². The maximum Gasteiger partial charge on any atom is 0.286 e. The van der Waals surface area contributed by atoms with Crippen LogP contribution in [0.5, 0.6) is 5.75 Å². The Labute approximate surface area is 162 Å². The van der Waals surface area contributed by atoms with E-state index in [1.54, 1.807) is 0 Å². The van der Waals surface area contributed by atoms with Crippen molar-refractivity contribution in [3.8, 4) is 28.3 Å². The summed E-state index contributed by atoms with van der Waals surface area (Å²) in [7, 11) is 0. The number of carbonyl (C=O) groups is 1. The van der Waals surface area contributed by atoms with E-state index >= 15 is 0 Å². The Hall–Kier alpha value is -3.93. The summed E-state index contributed by atoms with van der Waals surface area (Å²) in [5.74, 6) is 0.594. The fourth-order valence-corrected chi connectivity index (χ4v) is 2.89. The molecule has 0 spiro atoms. The highest BCUT2D eigenvalue weighted by atomic mass is 16.5. The van der Waals surface area contributed by atoms with Crippen molar-refractivity contribution in [3.05, 3.63) is 90.3 Å². The standard InChI is InChI=1S/C22H18N4O2/c23-20(27)22-24-21(25-26-22)17-10-6-9-16(13-17)18-11-4-5-12-19(18)28-14-15-7-2-1-3-8-15/h1-13H,14H2,(H2,23,27)(H,24,25,26). The van der Waals surface area contributed by atoms with Gasteiger partial charge in [-0.15, -0.1) is 0 Å². The fourth-order valence-electron chi connectivity index (χ4n) is 2.89.